The number of amides is 2. The molecule has 0 unspecified atom stereocenters. The molecule has 4 rings (SSSR count). The van der Waals surface area contributed by atoms with E-state index in [1.165, 1.54) is 17.5 Å². The number of hydrogen-bond acceptors (Lipinski definition) is 4. The van der Waals surface area contributed by atoms with E-state index in [1.807, 2.05) is 23.1 Å². The molecule has 2 aromatic rings. The molecule has 41 heavy (non-hydrogen) atoms. The summed E-state index contributed by atoms with van der Waals surface area (Å²) in [5.41, 5.74) is -1.56. The summed E-state index contributed by atoms with van der Waals surface area (Å²) in [6.45, 7) is 4.41. The standard InChI is InChI=1S/C22H27F6N3O3.C7H8/c1-29(7-3-15-11-16(21(23,24)25)13-17(12-15)22(26,27)28)19(32)14-30-8-4-18(5-9-30)31-6-2-10-34-20(31)33;1-7-5-3-2-4-6-7/h11-13,18H,2-10,14H2,1H3;2-6H,1H3. The average Bonchev–Trinajstić information content (AvgIpc) is 2.92. The molecule has 2 aromatic carbocycles. The summed E-state index contributed by atoms with van der Waals surface area (Å²) in [6.07, 6.45) is -8.11. The Morgan fingerprint density at radius 2 is 1.54 bits per heavy atom. The summed E-state index contributed by atoms with van der Waals surface area (Å²) in [4.78, 5) is 29.4. The molecule has 0 spiro atoms. The predicted molar refractivity (Wildman–Crippen MR) is 141 cm³/mol. The van der Waals surface area contributed by atoms with Crippen LogP contribution in [0.3, 0.4) is 0 Å². The van der Waals surface area contributed by atoms with Crippen LogP contribution in [0.25, 0.3) is 0 Å². The van der Waals surface area contributed by atoms with Crippen LogP contribution < -0.4 is 0 Å². The van der Waals surface area contributed by atoms with Crippen molar-refractivity contribution in [2.24, 2.45) is 0 Å². The van der Waals surface area contributed by atoms with Gasteiger partial charge in [-0.15, -0.1) is 0 Å². The van der Waals surface area contributed by atoms with E-state index in [2.05, 4.69) is 19.1 Å². The minimum Gasteiger partial charge on any atom is -0.449 e. The van der Waals surface area contributed by atoms with Gasteiger partial charge in [0.05, 0.1) is 24.3 Å². The van der Waals surface area contributed by atoms with Crippen LogP contribution >= 0.6 is 0 Å². The van der Waals surface area contributed by atoms with Crippen LogP contribution in [0, 0.1) is 6.92 Å². The minimum atomic E-state index is -4.91. The van der Waals surface area contributed by atoms with Gasteiger partial charge in [-0.2, -0.15) is 26.3 Å². The van der Waals surface area contributed by atoms with Crippen molar-refractivity contribution >= 4 is 12.0 Å². The Morgan fingerprint density at radius 1 is 0.951 bits per heavy atom. The average molecular weight is 588 g/mol. The van der Waals surface area contributed by atoms with E-state index in [4.69, 9.17) is 4.74 Å². The number of carbonyl (C=O) groups is 2. The van der Waals surface area contributed by atoms with Gasteiger partial charge >= 0.3 is 18.4 Å². The topological polar surface area (TPSA) is 53.1 Å². The number of alkyl halides is 6. The predicted octanol–water partition coefficient (Wildman–Crippen LogP) is 6.03. The number of likely N-dealkylation sites (N-methyl/N-ethyl adjacent to an activating group) is 1. The maximum Gasteiger partial charge on any atom is 0.416 e. The van der Waals surface area contributed by atoms with Crippen molar-refractivity contribution in [2.45, 2.75) is 51.0 Å². The Labute approximate surface area is 235 Å². The highest BCUT2D eigenvalue weighted by molar-refractivity contribution is 5.78. The van der Waals surface area contributed by atoms with Crippen LogP contribution in [0.15, 0.2) is 48.5 Å². The van der Waals surface area contributed by atoms with E-state index >= 15 is 0 Å². The van der Waals surface area contributed by atoms with E-state index in [0.29, 0.717) is 51.2 Å². The highest BCUT2D eigenvalue weighted by atomic mass is 19.4. The van der Waals surface area contributed by atoms with Crippen LogP contribution in [-0.4, -0.2) is 79.1 Å². The second-order valence-corrected chi connectivity index (χ2v) is 10.3. The fourth-order valence-electron chi connectivity index (χ4n) is 4.72. The summed E-state index contributed by atoms with van der Waals surface area (Å²) in [7, 11) is 1.47. The van der Waals surface area contributed by atoms with Crippen molar-refractivity contribution in [1.29, 1.82) is 0 Å². The Bertz CT molecular complexity index is 1120. The molecule has 0 atom stereocenters. The number of nitrogens with zero attached hydrogens (tertiary/aromatic N) is 3. The second kappa shape index (κ2) is 14.1. The third-order valence-corrected chi connectivity index (χ3v) is 7.11. The van der Waals surface area contributed by atoms with Crippen molar-refractivity contribution < 1.29 is 40.7 Å². The number of halogens is 6. The molecule has 0 radical (unpaired) electrons. The number of ether oxygens (including phenoxy) is 1. The largest absolute Gasteiger partial charge is 0.449 e. The van der Waals surface area contributed by atoms with Crippen LogP contribution in [0.4, 0.5) is 31.1 Å². The molecule has 0 N–H and O–H groups in total. The minimum absolute atomic E-state index is 0.0203. The molecule has 2 heterocycles. The van der Waals surface area contributed by atoms with E-state index in [-0.39, 0.29) is 49.2 Å². The van der Waals surface area contributed by atoms with Crippen molar-refractivity contribution in [2.75, 3.05) is 46.4 Å². The monoisotopic (exact) mass is 587 g/mol. The molecule has 2 saturated heterocycles. The van der Waals surface area contributed by atoms with Gasteiger partial charge in [0, 0.05) is 39.3 Å². The normalized spacial score (nSPS) is 17.0. The maximum atomic E-state index is 13.0. The summed E-state index contributed by atoms with van der Waals surface area (Å²) in [5.74, 6) is -0.279. The zero-order valence-corrected chi connectivity index (χ0v) is 23.1. The van der Waals surface area contributed by atoms with Crippen LogP contribution in [0.1, 0.15) is 41.5 Å². The van der Waals surface area contributed by atoms with E-state index < -0.39 is 23.5 Å². The molecule has 0 aromatic heterocycles. The third kappa shape index (κ3) is 9.94. The van der Waals surface area contributed by atoms with Gasteiger partial charge in [0.2, 0.25) is 5.91 Å². The Kier molecular flexibility index (Phi) is 11.1. The molecule has 0 saturated carbocycles. The lowest BCUT2D eigenvalue weighted by atomic mass is 10.0. The van der Waals surface area contributed by atoms with Gasteiger partial charge in [-0.3, -0.25) is 9.69 Å². The Balaban J connectivity index is 0.000000575. The number of cyclic esters (lactones) is 1. The smallest absolute Gasteiger partial charge is 0.416 e. The molecule has 0 aliphatic carbocycles. The van der Waals surface area contributed by atoms with Crippen molar-refractivity contribution in [1.82, 2.24) is 14.7 Å². The summed E-state index contributed by atoms with van der Waals surface area (Å²) in [6, 6.07) is 11.8. The second-order valence-electron chi connectivity index (χ2n) is 10.3. The first-order valence-corrected chi connectivity index (χ1v) is 13.4. The molecular weight excluding hydrogens is 552 g/mol. The van der Waals surface area contributed by atoms with Crippen LogP contribution in [-0.2, 0) is 28.3 Å². The third-order valence-electron chi connectivity index (χ3n) is 7.11. The summed E-state index contributed by atoms with van der Waals surface area (Å²) >= 11 is 0. The Morgan fingerprint density at radius 3 is 2.02 bits per heavy atom. The fraction of sp³-hybridized carbons (Fsp3) is 0.517. The maximum absolute atomic E-state index is 13.0. The summed E-state index contributed by atoms with van der Waals surface area (Å²) < 4.78 is 83.2. The molecular formula is C29H35F6N3O3. The number of likely N-dealkylation sites (tertiary alicyclic amines) is 1. The number of piperidine rings is 1. The molecule has 2 aliphatic rings. The number of aryl methyl sites for hydroxylation is 1. The molecule has 0 bridgehead atoms. The number of hydrogen-bond donors (Lipinski definition) is 0. The van der Waals surface area contributed by atoms with E-state index in [1.54, 1.807) is 4.90 Å². The van der Waals surface area contributed by atoms with Crippen molar-refractivity contribution in [3.05, 3.63) is 70.8 Å². The van der Waals surface area contributed by atoms with Gasteiger partial charge in [0.15, 0.2) is 0 Å². The first-order chi connectivity index (χ1) is 19.2. The van der Waals surface area contributed by atoms with Crippen LogP contribution in [0.2, 0.25) is 0 Å². The van der Waals surface area contributed by atoms with Gasteiger partial charge in [-0.1, -0.05) is 35.9 Å². The van der Waals surface area contributed by atoms with Crippen LogP contribution in [0.5, 0.6) is 0 Å². The van der Waals surface area contributed by atoms with Crippen molar-refractivity contribution in [3.8, 4) is 0 Å². The summed E-state index contributed by atoms with van der Waals surface area (Å²) in [5, 5.41) is 0. The lowest BCUT2D eigenvalue weighted by Crippen LogP contribution is -2.51. The van der Waals surface area contributed by atoms with Gasteiger partial charge in [-0.05, 0) is 56.4 Å². The number of carbonyl (C=O) groups excluding carboxylic acids is 2. The first-order valence-electron chi connectivity index (χ1n) is 13.4. The van der Waals surface area contributed by atoms with E-state index in [9.17, 15) is 35.9 Å². The first kappa shape index (κ1) is 32.2. The van der Waals surface area contributed by atoms with E-state index in [0.717, 1.165) is 6.42 Å². The van der Waals surface area contributed by atoms with Gasteiger partial charge in [-0.25, -0.2) is 4.79 Å². The number of benzene rings is 2. The quantitative estimate of drug-likeness (QED) is 0.388. The SMILES string of the molecule is CN(CCc1cc(C(F)(F)F)cc(C(F)(F)F)c1)C(=O)CN1CCC(N2CCCOC2=O)CC1.Cc1ccccc1. The number of rotatable bonds is 6. The zero-order chi connectivity index (χ0) is 30.2. The molecule has 12 heteroatoms. The molecule has 226 valence electrons. The molecule has 2 aliphatic heterocycles. The molecule has 6 nitrogen and oxygen atoms in total. The van der Waals surface area contributed by atoms with Gasteiger partial charge in [0.25, 0.3) is 0 Å². The molecule has 2 fully saturated rings. The Hall–Kier alpha value is -3.28. The van der Waals surface area contributed by atoms with Gasteiger partial charge in [0.1, 0.15) is 0 Å². The highest BCUT2D eigenvalue weighted by Gasteiger charge is 2.37. The van der Waals surface area contributed by atoms with Gasteiger partial charge < -0.3 is 14.5 Å². The zero-order valence-electron chi connectivity index (χ0n) is 23.1. The van der Waals surface area contributed by atoms with Crippen molar-refractivity contribution in [3.63, 3.8) is 0 Å². The lowest BCUT2D eigenvalue weighted by Gasteiger charge is -2.39. The fourth-order valence-corrected chi connectivity index (χ4v) is 4.72. The highest BCUT2D eigenvalue weighted by Crippen LogP contribution is 2.36. The molecule has 2 amide bonds. The lowest BCUT2D eigenvalue weighted by molar-refractivity contribution is -0.143.